The lowest BCUT2D eigenvalue weighted by Crippen LogP contribution is -2.55. The predicted molar refractivity (Wildman–Crippen MR) is 111 cm³/mol. The van der Waals surface area contributed by atoms with Crippen LogP contribution in [-0.4, -0.2) is 89.1 Å². The Morgan fingerprint density at radius 2 is 1.68 bits per heavy atom. The summed E-state index contributed by atoms with van der Waals surface area (Å²) >= 11 is 1.68. The van der Waals surface area contributed by atoms with E-state index in [1.165, 1.54) is 0 Å². The average molecular weight is 402 g/mol. The minimum atomic E-state index is -0.0872. The molecule has 0 bridgehead atoms. The summed E-state index contributed by atoms with van der Waals surface area (Å²) in [4.78, 5) is 34.9. The molecule has 0 saturated carbocycles. The monoisotopic (exact) mass is 401 g/mol. The van der Waals surface area contributed by atoms with Crippen LogP contribution in [0.3, 0.4) is 0 Å². The molecule has 0 aliphatic carbocycles. The zero-order chi connectivity index (χ0) is 19.3. The number of aromatic nitrogens is 3. The van der Waals surface area contributed by atoms with Crippen LogP contribution in [0.5, 0.6) is 0 Å². The molecule has 9 heteroatoms. The Balaban J connectivity index is 1.30. The van der Waals surface area contributed by atoms with Crippen LogP contribution in [0.1, 0.15) is 13.3 Å². The molecule has 0 radical (unpaired) electrons. The lowest BCUT2D eigenvalue weighted by atomic mass is 10.2. The van der Waals surface area contributed by atoms with Gasteiger partial charge in [0.05, 0.1) is 6.04 Å². The Bertz CT molecular complexity index is 749. The lowest BCUT2D eigenvalue weighted by Gasteiger charge is -2.38. The Morgan fingerprint density at radius 3 is 2.39 bits per heavy atom. The summed E-state index contributed by atoms with van der Waals surface area (Å²) in [6.07, 6.45) is 6.43. The highest BCUT2D eigenvalue weighted by atomic mass is 32.1. The molecule has 2 fully saturated rings. The van der Waals surface area contributed by atoms with Crippen LogP contribution >= 0.6 is 11.3 Å². The molecule has 0 aromatic carbocycles. The van der Waals surface area contributed by atoms with Crippen molar-refractivity contribution in [3.63, 3.8) is 0 Å². The van der Waals surface area contributed by atoms with E-state index in [-0.39, 0.29) is 11.9 Å². The van der Waals surface area contributed by atoms with Crippen molar-refractivity contribution in [1.82, 2.24) is 24.8 Å². The smallest absolute Gasteiger partial charge is 0.239 e. The number of nitrogens with zero attached hydrogens (tertiary/aromatic N) is 7. The molecule has 8 nitrogen and oxygen atoms in total. The second-order valence-corrected chi connectivity index (χ2v) is 8.10. The maximum Gasteiger partial charge on any atom is 0.239 e. The van der Waals surface area contributed by atoms with Gasteiger partial charge in [-0.25, -0.2) is 15.0 Å². The summed E-state index contributed by atoms with van der Waals surface area (Å²) in [7, 11) is 0. The van der Waals surface area contributed by atoms with Gasteiger partial charge in [0.15, 0.2) is 5.13 Å². The first-order chi connectivity index (χ1) is 13.7. The number of anilines is 2. The van der Waals surface area contributed by atoms with Gasteiger partial charge in [0, 0.05) is 76.3 Å². The first-order valence-corrected chi connectivity index (χ1v) is 10.8. The number of thiazole rings is 1. The van der Waals surface area contributed by atoms with Crippen LogP contribution in [0.15, 0.2) is 30.0 Å². The molecule has 1 amide bonds. The number of hydrogen-bond acceptors (Lipinski definition) is 8. The summed E-state index contributed by atoms with van der Waals surface area (Å²) < 4.78 is 0. The van der Waals surface area contributed by atoms with Gasteiger partial charge in [-0.05, 0) is 19.4 Å². The highest BCUT2D eigenvalue weighted by molar-refractivity contribution is 7.13. The van der Waals surface area contributed by atoms with Crippen molar-refractivity contribution in [1.29, 1.82) is 0 Å². The quantitative estimate of drug-likeness (QED) is 0.762. The van der Waals surface area contributed by atoms with Crippen LogP contribution in [0, 0.1) is 0 Å². The Kier molecular flexibility index (Phi) is 6.01. The van der Waals surface area contributed by atoms with Gasteiger partial charge in [0.25, 0.3) is 0 Å². The first kappa shape index (κ1) is 19.1. The molecule has 1 unspecified atom stereocenters. The molecular formula is C19H27N7OS. The molecule has 2 saturated heterocycles. The SMILES string of the molecule is CC(C(=O)N1CCN(c2ncccn2)CC1)N1CCCN(c2nccs2)CC1. The largest absolute Gasteiger partial charge is 0.347 e. The third-order valence-electron chi connectivity index (χ3n) is 5.55. The fourth-order valence-corrected chi connectivity index (χ4v) is 4.59. The van der Waals surface area contributed by atoms with Crippen LogP contribution in [0.25, 0.3) is 0 Å². The molecule has 0 spiro atoms. The molecule has 2 aromatic heterocycles. The van der Waals surface area contributed by atoms with E-state index in [1.54, 1.807) is 23.7 Å². The fourth-order valence-electron chi connectivity index (χ4n) is 3.89. The molecule has 1 atom stereocenters. The fraction of sp³-hybridized carbons (Fsp3) is 0.579. The second kappa shape index (κ2) is 8.83. The molecule has 4 heterocycles. The molecule has 150 valence electrons. The summed E-state index contributed by atoms with van der Waals surface area (Å²) in [5, 5.41) is 3.10. The van der Waals surface area contributed by atoms with Crippen LogP contribution < -0.4 is 9.80 Å². The Labute approximate surface area is 169 Å². The minimum Gasteiger partial charge on any atom is -0.347 e. The van der Waals surface area contributed by atoms with Crippen molar-refractivity contribution in [2.45, 2.75) is 19.4 Å². The number of carbonyl (C=O) groups excluding carboxylic acids is 1. The van der Waals surface area contributed by atoms with E-state index in [9.17, 15) is 4.79 Å². The van der Waals surface area contributed by atoms with E-state index in [1.807, 2.05) is 29.5 Å². The number of hydrogen-bond donors (Lipinski definition) is 0. The van der Waals surface area contributed by atoms with E-state index in [4.69, 9.17) is 0 Å². The molecule has 28 heavy (non-hydrogen) atoms. The van der Waals surface area contributed by atoms with Gasteiger partial charge in [-0.15, -0.1) is 11.3 Å². The molecular weight excluding hydrogens is 374 g/mol. The van der Waals surface area contributed by atoms with Crippen molar-refractivity contribution in [3.05, 3.63) is 30.0 Å². The molecule has 4 rings (SSSR count). The summed E-state index contributed by atoms with van der Waals surface area (Å²) in [6.45, 7) is 8.82. The number of rotatable bonds is 4. The van der Waals surface area contributed by atoms with E-state index in [0.29, 0.717) is 0 Å². The Hall–Kier alpha value is -2.26. The predicted octanol–water partition coefficient (Wildman–Crippen LogP) is 1.18. The maximum atomic E-state index is 13.1. The van der Waals surface area contributed by atoms with Gasteiger partial charge < -0.3 is 14.7 Å². The van der Waals surface area contributed by atoms with Crippen molar-refractivity contribution in [3.8, 4) is 0 Å². The third kappa shape index (κ3) is 4.25. The maximum absolute atomic E-state index is 13.1. The average Bonchev–Trinajstić information content (AvgIpc) is 3.18. The molecule has 2 aliphatic heterocycles. The van der Waals surface area contributed by atoms with Crippen molar-refractivity contribution >= 4 is 28.3 Å². The summed E-state index contributed by atoms with van der Waals surface area (Å²) in [5.41, 5.74) is 0. The number of carbonyl (C=O) groups is 1. The highest BCUT2D eigenvalue weighted by Crippen LogP contribution is 2.20. The zero-order valence-electron chi connectivity index (χ0n) is 16.3. The summed E-state index contributed by atoms with van der Waals surface area (Å²) in [6, 6.07) is 1.73. The van der Waals surface area contributed by atoms with Crippen molar-refractivity contribution < 1.29 is 4.79 Å². The van der Waals surface area contributed by atoms with E-state index < -0.39 is 0 Å². The lowest BCUT2D eigenvalue weighted by molar-refractivity contribution is -0.136. The van der Waals surface area contributed by atoms with Crippen LogP contribution in [-0.2, 0) is 4.79 Å². The van der Waals surface area contributed by atoms with E-state index in [0.717, 1.165) is 69.9 Å². The normalized spacial score (nSPS) is 20.1. The third-order valence-corrected chi connectivity index (χ3v) is 6.38. The van der Waals surface area contributed by atoms with Crippen LogP contribution in [0.4, 0.5) is 11.1 Å². The molecule has 0 N–H and O–H groups in total. The molecule has 2 aliphatic rings. The Morgan fingerprint density at radius 1 is 0.929 bits per heavy atom. The van der Waals surface area contributed by atoms with Gasteiger partial charge in [-0.3, -0.25) is 9.69 Å². The van der Waals surface area contributed by atoms with Gasteiger partial charge in [0.1, 0.15) is 0 Å². The topological polar surface area (TPSA) is 68.7 Å². The van der Waals surface area contributed by atoms with E-state index >= 15 is 0 Å². The number of amides is 1. The highest BCUT2D eigenvalue weighted by Gasteiger charge is 2.30. The van der Waals surface area contributed by atoms with Gasteiger partial charge in [-0.2, -0.15) is 0 Å². The zero-order valence-corrected chi connectivity index (χ0v) is 17.1. The first-order valence-electron chi connectivity index (χ1n) is 9.91. The standard InChI is InChI=1S/C19H27N7OS/c1-16(23-7-3-8-26(14-9-23)19-22-6-15-28-19)17(27)24-10-12-25(13-11-24)18-20-4-2-5-21-18/h2,4-6,15-16H,3,7-14H2,1H3. The molecule has 2 aromatic rings. The van der Waals surface area contributed by atoms with E-state index in [2.05, 4.69) is 29.7 Å². The number of piperazine rings is 1. The van der Waals surface area contributed by atoms with Gasteiger partial charge in [-0.1, -0.05) is 0 Å². The second-order valence-electron chi connectivity index (χ2n) is 7.23. The minimum absolute atomic E-state index is 0.0872. The van der Waals surface area contributed by atoms with Gasteiger partial charge in [0.2, 0.25) is 11.9 Å². The van der Waals surface area contributed by atoms with Crippen LogP contribution in [0.2, 0.25) is 0 Å². The van der Waals surface area contributed by atoms with Crippen molar-refractivity contribution in [2.75, 3.05) is 62.2 Å². The van der Waals surface area contributed by atoms with Crippen molar-refractivity contribution in [2.24, 2.45) is 0 Å². The van der Waals surface area contributed by atoms with Gasteiger partial charge >= 0.3 is 0 Å². The summed E-state index contributed by atoms with van der Waals surface area (Å²) in [5.74, 6) is 0.980.